The highest BCUT2D eigenvalue weighted by Gasteiger charge is 2.49. The van der Waals surface area contributed by atoms with Gasteiger partial charge in [-0.25, -0.2) is 22.1 Å². The summed E-state index contributed by atoms with van der Waals surface area (Å²) in [6.07, 6.45) is 2.86. The molecule has 38 heavy (non-hydrogen) atoms. The number of ether oxygens (including phenoxy) is 1. The molecule has 0 saturated carbocycles. The number of benzene rings is 2. The minimum atomic E-state index is -3.31. The van der Waals surface area contributed by atoms with Gasteiger partial charge in [-0.1, -0.05) is 35.3 Å². The van der Waals surface area contributed by atoms with Gasteiger partial charge in [0.15, 0.2) is 11.6 Å². The van der Waals surface area contributed by atoms with E-state index in [1.807, 2.05) is 18.2 Å². The molecule has 2 aliphatic heterocycles. The Morgan fingerprint density at radius 1 is 1.16 bits per heavy atom. The van der Waals surface area contributed by atoms with E-state index in [-0.39, 0.29) is 40.6 Å². The fourth-order valence-electron chi connectivity index (χ4n) is 5.18. The van der Waals surface area contributed by atoms with Crippen molar-refractivity contribution in [3.8, 4) is 16.9 Å². The molecule has 0 unspecified atom stereocenters. The summed E-state index contributed by atoms with van der Waals surface area (Å²) in [6, 6.07) is 9.93. The molecule has 12 heteroatoms. The van der Waals surface area contributed by atoms with Crippen LogP contribution in [0.1, 0.15) is 37.0 Å². The van der Waals surface area contributed by atoms with Gasteiger partial charge in [-0.3, -0.25) is 4.79 Å². The lowest BCUT2D eigenvalue weighted by atomic mass is 9.74. The molecule has 3 heterocycles. The number of amides is 1. The zero-order chi connectivity index (χ0) is 27.4. The predicted molar refractivity (Wildman–Crippen MR) is 146 cm³/mol. The molecule has 1 amide bonds. The second kappa shape index (κ2) is 9.68. The van der Waals surface area contributed by atoms with Gasteiger partial charge in [-0.15, -0.1) is 0 Å². The van der Waals surface area contributed by atoms with E-state index in [2.05, 4.69) is 10.3 Å². The number of carbonyl (C=O) groups excluding carboxylic acids is 1. The van der Waals surface area contributed by atoms with Gasteiger partial charge >= 0.3 is 0 Å². The minimum Gasteiger partial charge on any atom is -0.482 e. The van der Waals surface area contributed by atoms with Crippen molar-refractivity contribution in [1.29, 1.82) is 0 Å². The molecule has 1 aromatic heterocycles. The van der Waals surface area contributed by atoms with Crippen LogP contribution in [0.15, 0.2) is 42.6 Å². The molecule has 8 nitrogen and oxygen atoms in total. The van der Waals surface area contributed by atoms with Crippen molar-refractivity contribution in [3.63, 3.8) is 0 Å². The number of carbonyl (C=O) groups is 1. The van der Waals surface area contributed by atoms with Crippen LogP contribution in [0, 0.1) is 5.82 Å². The monoisotopic (exact) mass is 578 g/mol. The summed E-state index contributed by atoms with van der Waals surface area (Å²) in [5, 5.41) is 3.11. The number of nitrogens with zero attached hydrogens (tertiary/aromatic N) is 2. The Labute approximate surface area is 229 Å². The number of rotatable bonds is 5. The van der Waals surface area contributed by atoms with Crippen LogP contribution < -0.4 is 15.8 Å². The molecule has 200 valence electrons. The quantitative estimate of drug-likeness (QED) is 0.404. The molecule has 1 saturated heterocycles. The van der Waals surface area contributed by atoms with Crippen LogP contribution in [0.2, 0.25) is 10.0 Å². The number of nitrogens with one attached hydrogen (secondary N) is 1. The number of halogens is 3. The van der Waals surface area contributed by atoms with Gasteiger partial charge in [0.25, 0.3) is 0 Å². The Balaban J connectivity index is 1.42. The van der Waals surface area contributed by atoms with E-state index in [1.54, 1.807) is 19.2 Å². The van der Waals surface area contributed by atoms with Gasteiger partial charge in [-0.2, -0.15) is 0 Å². The maximum absolute atomic E-state index is 14.0. The number of hydrogen-bond acceptors (Lipinski definition) is 6. The minimum absolute atomic E-state index is 0.127. The second-order valence-electron chi connectivity index (χ2n) is 9.58. The highest BCUT2D eigenvalue weighted by atomic mass is 35.5. The molecular weight excluding hydrogens is 554 g/mol. The molecule has 1 fully saturated rings. The summed E-state index contributed by atoms with van der Waals surface area (Å²) in [5.74, 6) is -0.341. The Morgan fingerprint density at radius 2 is 1.87 bits per heavy atom. The Morgan fingerprint density at radius 3 is 2.55 bits per heavy atom. The molecule has 0 bridgehead atoms. The number of piperidine rings is 1. The van der Waals surface area contributed by atoms with Crippen LogP contribution >= 0.6 is 23.2 Å². The van der Waals surface area contributed by atoms with Crippen molar-refractivity contribution in [2.45, 2.75) is 31.3 Å². The van der Waals surface area contributed by atoms with Crippen LogP contribution in [0.5, 0.6) is 5.75 Å². The van der Waals surface area contributed by atoms with E-state index >= 15 is 0 Å². The van der Waals surface area contributed by atoms with Crippen LogP contribution in [-0.2, 0) is 20.2 Å². The highest BCUT2D eigenvalue weighted by molar-refractivity contribution is 7.88. The molecule has 2 aromatic carbocycles. The lowest BCUT2D eigenvalue weighted by molar-refractivity contribution is -0.122. The summed E-state index contributed by atoms with van der Waals surface area (Å²) >= 11 is 12.4. The van der Waals surface area contributed by atoms with E-state index in [0.29, 0.717) is 29.7 Å². The van der Waals surface area contributed by atoms with Crippen LogP contribution in [0.3, 0.4) is 0 Å². The van der Waals surface area contributed by atoms with E-state index in [4.69, 9.17) is 33.7 Å². The van der Waals surface area contributed by atoms with Gasteiger partial charge in [0.1, 0.15) is 11.9 Å². The topological polar surface area (TPSA) is 115 Å². The fraction of sp³-hybridized carbons (Fsp3) is 0.308. The zero-order valence-corrected chi connectivity index (χ0v) is 22.9. The van der Waals surface area contributed by atoms with Crippen molar-refractivity contribution < 1.29 is 22.3 Å². The number of nitrogens with two attached hydrogens (primary N) is 1. The van der Waals surface area contributed by atoms with E-state index < -0.39 is 27.4 Å². The molecule has 2 aliphatic rings. The van der Waals surface area contributed by atoms with Gasteiger partial charge in [0, 0.05) is 41.1 Å². The summed E-state index contributed by atoms with van der Waals surface area (Å²) in [6.45, 7) is 2.25. The van der Waals surface area contributed by atoms with Crippen molar-refractivity contribution in [3.05, 3.63) is 69.6 Å². The number of pyridine rings is 1. The molecule has 1 spiro atoms. The Hall–Kier alpha value is -2.92. The summed E-state index contributed by atoms with van der Waals surface area (Å²) in [5.41, 5.74) is 8.57. The SMILES string of the molecule is C[C@@H](Oc1cc(-c2ccc3c(c2)NC(=O)C32CCN(S(C)(=O)=O)CC2)cnc1N)c1c(Cl)ccc(F)c1Cl. The van der Waals surface area contributed by atoms with E-state index in [1.165, 1.54) is 22.7 Å². The Kier molecular flexibility index (Phi) is 6.79. The van der Waals surface area contributed by atoms with Gasteiger partial charge in [0.2, 0.25) is 15.9 Å². The molecule has 3 aromatic rings. The average Bonchev–Trinajstić information content (AvgIpc) is 3.12. The van der Waals surface area contributed by atoms with Crippen LogP contribution in [0.25, 0.3) is 11.1 Å². The molecular formula is C26H25Cl2FN4O4S. The lowest BCUT2D eigenvalue weighted by Gasteiger charge is -2.36. The fourth-order valence-corrected chi connectivity index (χ4v) is 6.70. The first kappa shape index (κ1) is 26.7. The van der Waals surface area contributed by atoms with E-state index in [9.17, 15) is 17.6 Å². The first-order valence-electron chi connectivity index (χ1n) is 11.9. The first-order chi connectivity index (χ1) is 17.9. The number of sulfonamides is 1. The second-order valence-corrected chi connectivity index (χ2v) is 12.4. The van der Waals surface area contributed by atoms with Crippen molar-refractivity contribution in [2.24, 2.45) is 0 Å². The highest BCUT2D eigenvalue weighted by Crippen LogP contribution is 2.46. The molecule has 0 radical (unpaired) electrons. The molecule has 1 atom stereocenters. The standard InChI is InChI=1S/C26H25Cl2FN4O4S/c1-14(22-18(27)5-6-19(29)23(22)28)37-21-12-16(13-31-24(21)30)15-3-4-17-20(11-15)32-25(34)26(17)7-9-33(10-8-26)38(2,35)36/h3-6,11-14H,7-10H2,1-2H3,(H2,30,31)(H,32,34)/t14-/m1/s1. The molecule has 3 N–H and O–H groups in total. The van der Waals surface area contributed by atoms with Crippen LogP contribution in [-0.4, -0.2) is 43.0 Å². The predicted octanol–water partition coefficient (Wildman–Crippen LogP) is 5.16. The molecule has 5 rings (SSSR count). The third-order valence-corrected chi connectivity index (χ3v) is 9.28. The van der Waals surface area contributed by atoms with Gasteiger partial charge in [-0.05, 0) is 55.2 Å². The maximum atomic E-state index is 14.0. The van der Waals surface area contributed by atoms with Gasteiger partial charge < -0.3 is 15.8 Å². The van der Waals surface area contributed by atoms with E-state index in [0.717, 1.165) is 11.1 Å². The van der Waals surface area contributed by atoms with Gasteiger partial charge in [0.05, 0.1) is 16.7 Å². The first-order valence-corrected chi connectivity index (χ1v) is 14.5. The van der Waals surface area contributed by atoms with Crippen LogP contribution in [0.4, 0.5) is 15.9 Å². The number of nitrogen functional groups attached to an aromatic ring is 1. The normalized spacial score (nSPS) is 17.8. The van der Waals surface area contributed by atoms with Crippen molar-refractivity contribution in [1.82, 2.24) is 9.29 Å². The Bertz CT molecular complexity index is 1560. The average molecular weight is 579 g/mol. The summed E-state index contributed by atoms with van der Waals surface area (Å²) in [7, 11) is -3.31. The maximum Gasteiger partial charge on any atom is 0.235 e. The number of fused-ring (bicyclic) bond motifs is 2. The number of hydrogen-bond donors (Lipinski definition) is 2. The third-order valence-electron chi connectivity index (χ3n) is 7.27. The lowest BCUT2D eigenvalue weighted by Crippen LogP contribution is -2.47. The smallest absolute Gasteiger partial charge is 0.235 e. The van der Waals surface area contributed by atoms with Crippen molar-refractivity contribution >= 4 is 50.6 Å². The third kappa shape index (κ3) is 4.59. The molecule has 0 aliphatic carbocycles. The van der Waals surface area contributed by atoms with Crippen molar-refractivity contribution in [2.75, 3.05) is 30.4 Å². The summed E-state index contributed by atoms with van der Waals surface area (Å²) in [4.78, 5) is 17.3. The largest absolute Gasteiger partial charge is 0.482 e. The number of aromatic nitrogens is 1. The summed E-state index contributed by atoms with van der Waals surface area (Å²) < 4.78 is 45.3. The number of anilines is 2. The zero-order valence-electron chi connectivity index (χ0n) is 20.6.